The number of aliphatic carboxylic acids is 1. The third-order valence-electron chi connectivity index (χ3n) is 4.63. The lowest BCUT2D eigenvalue weighted by Gasteiger charge is -2.32. The SMILES string of the molecule is CCC(C)c1ncc(C=CC(=O)O)n1-c1ccc(C(O)(C(F)(F)F)C(F)(F)F)cc1. The molecule has 0 spiro atoms. The molecule has 0 aliphatic carbocycles. The van der Waals surface area contributed by atoms with E-state index in [1.165, 1.54) is 16.8 Å². The first-order valence-electron chi connectivity index (χ1n) is 8.69. The quantitative estimate of drug-likeness (QED) is 0.504. The van der Waals surface area contributed by atoms with E-state index in [1.807, 2.05) is 13.8 Å². The Balaban J connectivity index is 2.62. The molecular weight excluding hydrogens is 418 g/mol. The molecule has 0 radical (unpaired) electrons. The molecule has 1 atom stereocenters. The summed E-state index contributed by atoms with van der Waals surface area (Å²) in [4.78, 5) is 15.0. The van der Waals surface area contributed by atoms with Gasteiger partial charge >= 0.3 is 18.3 Å². The zero-order valence-corrected chi connectivity index (χ0v) is 15.8. The van der Waals surface area contributed by atoms with Gasteiger partial charge in [-0.05, 0) is 24.6 Å². The summed E-state index contributed by atoms with van der Waals surface area (Å²) < 4.78 is 79.8. The van der Waals surface area contributed by atoms with Crippen molar-refractivity contribution in [1.82, 2.24) is 9.55 Å². The van der Waals surface area contributed by atoms with Crippen molar-refractivity contribution in [1.29, 1.82) is 0 Å². The first kappa shape index (κ1) is 23.5. The Morgan fingerprint density at radius 3 is 2.10 bits per heavy atom. The molecule has 5 nitrogen and oxygen atoms in total. The largest absolute Gasteiger partial charge is 0.478 e. The highest BCUT2D eigenvalue weighted by Gasteiger charge is 2.71. The van der Waals surface area contributed by atoms with Crippen LogP contribution < -0.4 is 0 Å². The second-order valence-electron chi connectivity index (χ2n) is 6.61. The Morgan fingerprint density at radius 1 is 1.13 bits per heavy atom. The van der Waals surface area contributed by atoms with Gasteiger partial charge in [0.05, 0.1) is 11.9 Å². The molecule has 0 aliphatic rings. The first-order chi connectivity index (χ1) is 13.7. The number of carboxylic acid groups (broad SMARTS) is 1. The molecule has 164 valence electrons. The van der Waals surface area contributed by atoms with E-state index in [0.717, 1.165) is 18.2 Å². The molecule has 0 amide bonds. The van der Waals surface area contributed by atoms with Gasteiger partial charge in [0.15, 0.2) is 0 Å². The van der Waals surface area contributed by atoms with E-state index in [2.05, 4.69) is 4.98 Å². The third kappa shape index (κ3) is 4.20. The van der Waals surface area contributed by atoms with E-state index in [1.54, 1.807) is 0 Å². The molecule has 0 saturated heterocycles. The predicted octanol–water partition coefficient (Wildman–Crippen LogP) is 4.80. The van der Waals surface area contributed by atoms with Gasteiger partial charge in [-0.3, -0.25) is 4.57 Å². The number of aliphatic hydroxyl groups is 1. The molecule has 0 fully saturated rings. The van der Waals surface area contributed by atoms with Crippen LogP contribution in [0.5, 0.6) is 0 Å². The molecule has 2 aromatic rings. The maximum Gasteiger partial charge on any atom is 0.430 e. The highest BCUT2D eigenvalue weighted by atomic mass is 19.4. The van der Waals surface area contributed by atoms with E-state index in [-0.39, 0.29) is 17.3 Å². The van der Waals surface area contributed by atoms with E-state index < -0.39 is 29.5 Å². The van der Waals surface area contributed by atoms with Crippen LogP contribution in [0.25, 0.3) is 11.8 Å². The molecule has 2 rings (SSSR count). The highest BCUT2D eigenvalue weighted by Crippen LogP contribution is 2.50. The van der Waals surface area contributed by atoms with Crippen molar-refractivity contribution in [2.45, 2.75) is 44.1 Å². The van der Waals surface area contributed by atoms with Gasteiger partial charge < -0.3 is 10.2 Å². The Bertz CT molecular complexity index is 915. The van der Waals surface area contributed by atoms with E-state index in [0.29, 0.717) is 24.4 Å². The number of hydrogen-bond donors (Lipinski definition) is 2. The maximum atomic E-state index is 13.1. The molecule has 0 saturated carbocycles. The number of halogens is 6. The Labute approximate surface area is 167 Å². The Kier molecular flexibility index (Phi) is 6.36. The number of carbonyl (C=O) groups is 1. The number of nitrogens with zero attached hydrogens (tertiary/aromatic N) is 2. The second kappa shape index (κ2) is 8.13. The topological polar surface area (TPSA) is 75.3 Å². The average Bonchev–Trinajstić information content (AvgIpc) is 3.07. The van der Waals surface area contributed by atoms with Crippen LogP contribution >= 0.6 is 0 Å². The molecule has 1 heterocycles. The van der Waals surface area contributed by atoms with Crippen LogP contribution in [0.4, 0.5) is 26.3 Å². The molecule has 1 aromatic carbocycles. The van der Waals surface area contributed by atoms with Crippen LogP contribution in [-0.4, -0.2) is 38.1 Å². The summed E-state index contributed by atoms with van der Waals surface area (Å²) in [5, 5.41) is 18.3. The van der Waals surface area contributed by atoms with Gasteiger partial charge in [-0.25, -0.2) is 9.78 Å². The lowest BCUT2D eigenvalue weighted by Crippen LogP contribution is -2.53. The summed E-state index contributed by atoms with van der Waals surface area (Å²) in [5.41, 5.74) is -6.00. The number of hydrogen-bond acceptors (Lipinski definition) is 3. The number of benzene rings is 1. The highest BCUT2D eigenvalue weighted by molar-refractivity contribution is 5.85. The van der Waals surface area contributed by atoms with Crippen molar-refractivity contribution in [2.24, 2.45) is 0 Å². The van der Waals surface area contributed by atoms with Gasteiger partial charge in [-0.2, -0.15) is 26.3 Å². The third-order valence-corrected chi connectivity index (χ3v) is 4.63. The average molecular weight is 436 g/mol. The standard InChI is InChI=1S/C19H18F6N2O3/c1-3-11(2)16-26-10-14(8-9-15(28)29)27(16)13-6-4-12(5-7-13)17(30,18(20,21)22)19(23,24)25/h4-11,30H,3H2,1-2H3,(H,28,29). The summed E-state index contributed by atoms with van der Waals surface area (Å²) in [6.45, 7) is 3.66. The number of imidazole rings is 1. The zero-order valence-electron chi connectivity index (χ0n) is 15.8. The van der Waals surface area contributed by atoms with Gasteiger partial charge in [-0.1, -0.05) is 26.0 Å². The van der Waals surface area contributed by atoms with Crippen molar-refractivity contribution in [2.75, 3.05) is 0 Å². The monoisotopic (exact) mass is 436 g/mol. The van der Waals surface area contributed by atoms with Gasteiger partial charge in [-0.15, -0.1) is 0 Å². The minimum Gasteiger partial charge on any atom is -0.478 e. The van der Waals surface area contributed by atoms with E-state index in [9.17, 15) is 36.2 Å². The lowest BCUT2D eigenvalue weighted by molar-refractivity contribution is -0.376. The van der Waals surface area contributed by atoms with Crippen LogP contribution in [0, 0.1) is 0 Å². The van der Waals surface area contributed by atoms with Gasteiger partial charge in [0.2, 0.25) is 0 Å². The van der Waals surface area contributed by atoms with Crippen molar-refractivity contribution < 1.29 is 41.4 Å². The fourth-order valence-electron chi connectivity index (χ4n) is 2.81. The molecule has 1 unspecified atom stereocenters. The molecule has 30 heavy (non-hydrogen) atoms. The zero-order chi connectivity index (χ0) is 22.9. The Hall–Kier alpha value is -2.82. The number of alkyl halides is 6. The van der Waals surface area contributed by atoms with E-state index in [4.69, 9.17) is 5.11 Å². The van der Waals surface area contributed by atoms with Crippen LogP contribution in [0.1, 0.15) is 43.3 Å². The molecular formula is C19H18F6N2O3. The van der Waals surface area contributed by atoms with Crippen LogP contribution in [-0.2, 0) is 10.4 Å². The summed E-state index contributed by atoms with van der Waals surface area (Å²) in [6.07, 6.45) is -7.97. The minimum absolute atomic E-state index is 0.140. The first-order valence-corrected chi connectivity index (χ1v) is 8.69. The summed E-state index contributed by atoms with van der Waals surface area (Å²) in [7, 11) is 0. The minimum atomic E-state index is -5.99. The van der Waals surface area contributed by atoms with Crippen LogP contribution in [0.2, 0.25) is 0 Å². The van der Waals surface area contributed by atoms with Gasteiger partial charge in [0.25, 0.3) is 5.60 Å². The van der Waals surface area contributed by atoms with Crippen molar-refractivity contribution in [3.8, 4) is 5.69 Å². The number of aromatic nitrogens is 2. The van der Waals surface area contributed by atoms with Crippen molar-refractivity contribution >= 4 is 12.0 Å². The van der Waals surface area contributed by atoms with Crippen molar-refractivity contribution in [3.63, 3.8) is 0 Å². The fourth-order valence-corrected chi connectivity index (χ4v) is 2.81. The molecule has 11 heteroatoms. The van der Waals surface area contributed by atoms with E-state index >= 15 is 0 Å². The normalized spacial score (nSPS) is 14.3. The smallest absolute Gasteiger partial charge is 0.430 e. The van der Waals surface area contributed by atoms with Crippen LogP contribution in [0.3, 0.4) is 0 Å². The summed E-state index contributed by atoms with van der Waals surface area (Å²) in [5.74, 6) is -0.945. The maximum absolute atomic E-state index is 13.1. The molecule has 2 N–H and O–H groups in total. The number of rotatable bonds is 6. The predicted molar refractivity (Wildman–Crippen MR) is 94.9 cm³/mol. The Morgan fingerprint density at radius 2 is 1.67 bits per heavy atom. The number of carboxylic acids is 1. The van der Waals surface area contributed by atoms with Gasteiger partial charge in [0, 0.05) is 23.2 Å². The fraction of sp³-hybridized carbons (Fsp3) is 0.368. The molecule has 0 bridgehead atoms. The van der Waals surface area contributed by atoms with Crippen molar-refractivity contribution in [3.05, 3.63) is 53.6 Å². The van der Waals surface area contributed by atoms with Crippen LogP contribution in [0.15, 0.2) is 36.5 Å². The summed E-state index contributed by atoms with van der Waals surface area (Å²) in [6, 6.07) is 3.01. The van der Waals surface area contributed by atoms with Gasteiger partial charge in [0.1, 0.15) is 5.82 Å². The summed E-state index contributed by atoms with van der Waals surface area (Å²) >= 11 is 0. The molecule has 0 aliphatic heterocycles. The molecule has 1 aromatic heterocycles. The second-order valence-corrected chi connectivity index (χ2v) is 6.61. The lowest BCUT2D eigenvalue weighted by atomic mass is 9.92.